The van der Waals surface area contributed by atoms with Gasteiger partial charge in [0, 0.05) is 42.3 Å². The van der Waals surface area contributed by atoms with E-state index in [9.17, 15) is 14.7 Å². The second kappa shape index (κ2) is 9.72. The van der Waals surface area contributed by atoms with Gasteiger partial charge in [0.1, 0.15) is 11.5 Å². The zero-order chi connectivity index (χ0) is 28.1. The van der Waals surface area contributed by atoms with Crippen molar-refractivity contribution < 1.29 is 9.90 Å². The lowest BCUT2D eigenvalue weighted by atomic mass is 10.1. The number of anilines is 3. The number of aromatic nitrogens is 2. The van der Waals surface area contributed by atoms with E-state index in [1.54, 1.807) is 28.7 Å². The van der Waals surface area contributed by atoms with Crippen LogP contribution in [0.3, 0.4) is 0 Å². The molecule has 2 saturated heterocycles. The van der Waals surface area contributed by atoms with Crippen molar-refractivity contribution in [2.75, 3.05) is 28.2 Å². The molecule has 2 fully saturated rings. The number of pyridine rings is 1. The fourth-order valence-corrected chi connectivity index (χ4v) is 6.16. The summed E-state index contributed by atoms with van der Waals surface area (Å²) in [6, 6.07) is 18.9. The van der Waals surface area contributed by atoms with E-state index in [1.165, 1.54) is 0 Å². The van der Waals surface area contributed by atoms with Gasteiger partial charge in [-0.05, 0) is 75.2 Å². The second-order valence-electron chi connectivity index (χ2n) is 10.8. The van der Waals surface area contributed by atoms with Gasteiger partial charge < -0.3 is 20.2 Å². The summed E-state index contributed by atoms with van der Waals surface area (Å²) in [4.78, 5) is 35.2. The first-order chi connectivity index (χ1) is 19.2. The van der Waals surface area contributed by atoms with E-state index in [1.807, 2.05) is 57.3 Å². The number of aromatic carboxylic acids is 1. The summed E-state index contributed by atoms with van der Waals surface area (Å²) in [6.07, 6.45) is 2.79. The summed E-state index contributed by atoms with van der Waals surface area (Å²) < 4.78 is 1.61. The maximum Gasteiger partial charge on any atom is 0.337 e. The number of nitrogens with one attached hydrogen (secondary N) is 1. The van der Waals surface area contributed by atoms with Crippen molar-refractivity contribution in [2.24, 2.45) is 0 Å². The molecule has 4 aromatic rings. The molecule has 0 spiro atoms. The molecule has 2 aliphatic rings. The number of hydrogen-bond donors (Lipinski definition) is 2. The zero-order valence-electron chi connectivity index (χ0n) is 22.6. The lowest BCUT2D eigenvalue weighted by Gasteiger charge is -2.37. The third-order valence-electron chi connectivity index (χ3n) is 8.13. The highest BCUT2D eigenvalue weighted by molar-refractivity contribution is 5.94. The Hall–Kier alpha value is -4.84. The molecule has 3 atom stereocenters. The molecule has 2 bridgehead atoms. The van der Waals surface area contributed by atoms with Gasteiger partial charge in [0.05, 0.1) is 34.8 Å². The Bertz CT molecular complexity index is 1740. The van der Waals surface area contributed by atoms with Crippen molar-refractivity contribution in [1.29, 1.82) is 5.26 Å². The van der Waals surface area contributed by atoms with Gasteiger partial charge in [-0.2, -0.15) is 5.26 Å². The Labute approximate surface area is 231 Å². The Morgan fingerprint density at radius 2 is 1.80 bits per heavy atom. The van der Waals surface area contributed by atoms with Crippen molar-refractivity contribution in [2.45, 2.75) is 45.3 Å². The van der Waals surface area contributed by atoms with Crippen LogP contribution in [0.15, 0.2) is 65.6 Å². The van der Waals surface area contributed by atoms with Crippen LogP contribution in [0.2, 0.25) is 0 Å². The highest BCUT2D eigenvalue weighted by Gasteiger charge is 2.44. The van der Waals surface area contributed by atoms with Gasteiger partial charge in [-0.3, -0.25) is 9.20 Å². The molecular formula is C31H30N6O3. The monoisotopic (exact) mass is 534 g/mol. The van der Waals surface area contributed by atoms with Gasteiger partial charge in [0.25, 0.3) is 5.56 Å². The lowest BCUT2D eigenvalue weighted by Crippen LogP contribution is -2.47. The molecule has 6 rings (SSSR count). The third-order valence-corrected chi connectivity index (χ3v) is 8.13. The highest BCUT2D eigenvalue weighted by Crippen LogP contribution is 2.38. The van der Waals surface area contributed by atoms with Crippen LogP contribution in [0.5, 0.6) is 0 Å². The number of nitrogens with zero attached hydrogens (tertiary/aromatic N) is 5. The van der Waals surface area contributed by atoms with E-state index in [0.717, 1.165) is 36.3 Å². The standard InChI is InChI=1S/C31H30N6O3/c1-18-12-26(20(3)33-27-7-5-4-6-25(27)31(39)40)29-34-28(19(2)30(38)37(29)15-18)36-17-23-13-24(36)16-35(23)22-10-8-21(14-32)9-11-22/h4-12,15,20,23-24,33H,13,16-17H2,1-3H3,(H,39,40)/t20?,23-,24-/m1/s1. The summed E-state index contributed by atoms with van der Waals surface area (Å²) in [7, 11) is 0. The van der Waals surface area contributed by atoms with E-state index >= 15 is 0 Å². The summed E-state index contributed by atoms with van der Waals surface area (Å²) in [6.45, 7) is 7.31. The maximum absolute atomic E-state index is 13.6. The number of carbonyl (C=O) groups is 1. The van der Waals surface area contributed by atoms with Crippen LogP contribution in [0.4, 0.5) is 17.2 Å². The van der Waals surface area contributed by atoms with Gasteiger partial charge in [-0.25, -0.2) is 9.78 Å². The molecule has 40 heavy (non-hydrogen) atoms. The minimum absolute atomic E-state index is 0.102. The number of benzene rings is 2. The Kier molecular flexibility index (Phi) is 6.18. The highest BCUT2D eigenvalue weighted by atomic mass is 16.4. The normalized spacial score (nSPS) is 18.6. The molecule has 2 aromatic carbocycles. The molecule has 1 unspecified atom stereocenters. The predicted molar refractivity (Wildman–Crippen MR) is 154 cm³/mol. The molecule has 202 valence electrons. The minimum Gasteiger partial charge on any atom is -0.478 e. The van der Waals surface area contributed by atoms with E-state index in [-0.39, 0.29) is 23.2 Å². The van der Waals surface area contributed by atoms with Crippen molar-refractivity contribution in [3.63, 3.8) is 0 Å². The van der Waals surface area contributed by atoms with Gasteiger partial charge in [-0.15, -0.1) is 0 Å². The first-order valence-corrected chi connectivity index (χ1v) is 13.4. The van der Waals surface area contributed by atoms with Crippen LogP contribution in [0, 0.1) is 25.2 Å². The smallest absolute Gasteiger partial charge is 0.337 e. The molecular weight excluding hydrogens is 504 g/mol. The van der Waals surface area contributed by atoms with Crippen molar-refractivity contribution in [3.8, 4) is 6.07 Å². The van der Waals surface area contributed by atoms with E-state index < -0.39 is 5.97 Å². The van der Waals surface area contributed by atoms with Crippen molar-refractivity contribution in [3.05, 3.63) is 99.0 Å². The summed E-state index contributed by atoms with van der Waals surface area (Å²) in [5.74, 6) is -0.295. The van der Waals surface area contributed by atoms with E-state index in [0.29, 0.717) is 34.3 Å². The number of fused-ring (bicyclic) bond motifs is 3. The molecule has 0 aliphatic carbocycles. The quantitative estimate of drug-likeness (QED) is 0.371. The summed E-state index contributed by atoms with van der Waals surface area (Å²) >= 11 is 0. The number of aryl methyl sites for hydroxylation is 1. The average molecular weight is 535 g/mol. The van der Waals surface area contributed by atoms with Gasteiger partial charge in [0.15, 0.2) is 0 Å². The molecule has 0 amide bonds. The fourth-order valence-electron chi connectivity index (χ4n) is 6.16. The molecule has 2 N–H and O–H groups in total. The van der Waals surface area contributed by atoms with Gasteiger partial charge >= 0.3 is 5.97 Å². The second-order valence-corrected chi connectivity index (χ2v) is 10.8. The molecule has 4 heterocycles. The average Bonchev–Trinajstić information content (AvgIpc) is 3.56. The van der Waals surface area contributed by atoms with E-state index in [2.05, 4.69) is 21.2 Å². The topological polar surface area (TPSA) is 114 Å². The molecule has 0 saturated carbocycles. The van der Waals surface area contributed by atoms with Crippen LogP contribution in [0.25, 0.3) is 5.65 Å². The van der Waals surface area contributed by atoms with Crippen LogP contribution in [-0.4, -0.2) is 45.6 Å². The molecule has 9 nitrogen and oxygen atoms in total. The fraction of sp³-hybridized carbons (Fsp3) is 0.290. The molecule has 2 aromatic heterocycles. The largest absolute Gasteiger partial charge is 0.478 e. The first-order valence-electron chi connectivity index (χ1n) is 13.4. The zero-order valence-corrected chi connectivity index (χ0v) is 22.6. The SMILES string of the molecule is Cc1cc(C(C)Nc2ccccc2C(=O)O)c2nc(N3C[C@H]4C[C@@H]3CN4c3ccc(C#N)cc3)c(C)c(=O)n2c1. The first kappa shape index (κ1) is 25.4. The number of piperazine rings is 1. The van der Waals surface area contributed by atoms with Crippen LogP contribution >= 0.6 is 0 Å². The molecule has 9 heteroatoms. The molecule has 2 aliphatic heterocycles. The van der Waals surface area contributed by atoms with Gasteiger partial charge in [-0.1, -0.05) is 12.1 Å². The third kappa shape index (κ3) is 4.22. The number of carboxylic acid groups (broad SMARTS) is 1. The Morgan fingerprint density at radius 3 is 2.48 bits per heavy atom. The summed E-state index contributed by atoms with van der Waals surface area (Å²) in [5.41, 5.74) is 5.26. The van der Waals surface area contributed by atoms with Crippen LogP contribution in [-0.2, 0) is 0 Å². The minimum atomic E-state index is -1.00. The van der Waals surface area contributed by atoms with Gasteiger partial charge in [0.2, 0.25) is 0 Å². The lowest BCUT2D eigenvalue weighted by molar-refractivity contribution is 0.0698. The predicted octanol–water partition coefficient (Wildman–Crippen LogP) is 4.52. The molecule has 0 radical (unpaired) electrons. The van der Waals surface area contributed by atoms with Crippen LogP contribution < -0.4 is 20.7 Å². The number of para-hydroxylation sites is 1. The Balaban J connectivity index is 1.35. The van der Waals surface area contributed by atoms with Crippen molar-refractivity contribution in [1.82, 2.24) is 9.38 Å². The van der Waals surface area contributed by atoms with E-state index in [4.69, 9.17) is 10.2 Å². The number of hydrogen-bond acceptors (Lipinski definition) is 7. The van der Waals surface area contributed by atoms with Crippen molar-refractivity contribution >= 4 is 28.8 Å². The number of nitriles is 1. The maximum atomic E-state index is 13.6. The number of carboxylic acids is 1. The Morgan fingerprint density at radius 1 is 1.10 bits per heavy atom. The van der Waals surface area contributed by atoms with Crippen LogP contribution in [0.1, 0.15) is 52.0 Å². The summed E-state index contributed by atoms with van der Waals surface area (Å²) in [5, 5.41) is 22.1. The number of rotatable bonds is 6.